The smallest absolute Gasteiger partial charge is 0.429 e. The van der Waals surface area contributed by atoms with Crippen molar-refractivity contribution in [3.8, 4) is 11.5 Å². The molecule has 4 rings (SSSR count). The predicted molar refractivity (Wildman–Crippen MR) is 132 cm³/mol. The van der Waals surface area contributed by atoms with E-state index < -0.39 is 35.1 Å². The second kappa shape index (κ2) is 12.1. The van der Waals surface area contributed by atoms with E-state index in [1.165, 1.54) is 29.4 Å². The summed E-state index contributed by atoms with van der Waals surface area (Å²) in [4.78, 5) is 22.9. The molecule has 0 N–H and O–H groups in total. The molecule has 1 atom stereocenters. The van der Waals surface area contributed by atoms with Crippen LogP contribution < -0.4 is 8.92 Å². The standard InChI is InChI=1S/C23H26F3N3O8S2/c1-33-18-3-4-19(37-39(2,31)32)16-10-35-22(34-9-15(16)18)17-12-38-21(28-17)14-5-7-29(8-6-14)20(30)11-36-27-13-23(24,25)26/h3-4,12-14,22H,5-11H2,1-2H3. The third-order valence-corrected chi connectivity index (χ3v) is 7.51. The van der Waals surface area contributed by atoms with Crippen molar-refractivity contribution in [2.24, 2.45) is 5.16 Å². The third kappa shape index (κ3) is 7.80. The third-order valence-electron chi connectivity index (χ3n) is 6.00. The largest absolute Gasteiger partial charge is 0.496 e. The zero-order valence-electron chi connectivity index (χ0n) is 21.0. The molecule has 0 spiro atoms. The Hall–Kier alpha value is -2.95. The summed E-state index contributed by atoms with van der Waals surface area (Å²) in [7, 11) is -2.27. The molecule has 1 unspecified atom stereocenters. The number of hydrogen-bond donors (Lipinski definition) is 0. The van der Waals surface area contributed by atoms with Gasteiger partial charge in [-0.25, -0.2) is 4.98 Å². The summed E-state index contributed by atoms with van der Waals surface area (Å²) in [5.74, 6) is 0.278. The van der Waals surface area contributed by atoms with E-state index in [1.807, 2.05) is 5.38 Å². The van der Waals surface area contributed by atoms with E-state index in [2.05, 4.69) is 9.99 Å². The summed E-state index contributed by atoms with van der Waals surface area (Å²) in [5.41, 5.74) is 1.67. The number of hydrogen-bond acceptors (Lipinski definition) is 11. The first-order valence-electron chi connectivity index (χ1n) is 11.7. The van der Waals surface area contributed by atoms with Crippen LogP contribution in [0.15, 0.2) is 22.7 Å². The number of piperidine rings is 1. The zero-order chi connectivity index (χ0) is 28.2. The Balaban J connectivity index is 1.35. The average Bonchev–Trinajstić information content (AvgIpc) is 3.25. The number of aromatic nitrogens is 1. The molecule has 0 radical (unpaired) electrons. The lowest BCUT2D eigenvalue weighted by Gasteiger charge is -2.30. The van der Waals surface area contributed by atoms with Gasteiger partial charge in [0.05, 0.1) is 31.6 Å². The molecule has 1 aromatic heterocycles. The van der Waals surface area contributed by atoms with Gasteiger partial charge in [-0.3, -0.25) is 4.79 Å². The highest BCUT2D eigenvalue weighted by Crippen LogP contribution is 2.39. The number of halogens is 3. The minimum Gasteiger partial charge on any atom is -0.496 e. The number of carbonyl (C=O) groups excluding carboxylic acids is 1. The van der Waals surface area contributed by atoms with Gasteiger partial charge in [-0.15, -0.1) is 11.3 Å². The first kappa shape index (κ1) is 29.0. The van der Waals surface area contributed by atoms with Crippen LogP contribution in [0.4, 0.5) is 13.2 Å². The lowest BCUT2D eigenvalue weighted by molar-refractivity contribution is -0.155. The van der Waals surface area contributed by atoms with E-state index in [1.54, 1.807) is 6.07 Å². The maximum Gasteiger partial charge on any atom is 0.429 e. The van der Waals surface area contributed by atoms with Gasteiger partial charge in [-0.1, -0.05) is 5.16 Å². The Morgan fingerprint density at radius 3 is 2.46 bits per heavy atom. The average molecular weight is 594 g/mol. The molecule has 214 valence electrons. The molecule has 0 aliphatic carbocycles. The maximum absolute atomic E-state index is 12.2. The molecule has 2 aromatic rings. The van der Waals surface area contributed by atoms with Crippen molar-refractivity contribution in [2.75, 3.05) is 33.1 Å². The van der Waals surface area contributed by atoms with Crippen LogP contribution in [0.1, 0.15) is 46.9 Å². The first-order valence-corrected chi connectivity index (χ1v) is 14.4. The van der Waals surface area contributed by atoms with Crippen molar-refractivity contribution in [1.29, 1.82) is 0 Å². The van der Waals surface area contributed by atoms with Gasteiger partial charge in [-0.2, -0.15) is 21.6 Å². The molecule has 0 bridgehead atoms. The second-order valence-electron chi connectivity index (χ2n) is 8.78. The van der Waals surface area contributed by atoms with Gasteiger partial charge in [0.1, 0.15) is 23.4 Å². The van der Waals surface area contributed by atoms with Gasteiger partial charge in [0.25, 0.3) is 5.91 Å². The highest BCUT2D eigenvalue weighted by atomic mass is 32.2. The second-order valence-corrected chi connectivity index (χ2v) is 11.2. The Kier molecular flexibility index (Phi) is 8.98. The van der Waals surface area contributed by atoms with Gasteiger partial charge >= 0.3 is 16.3 Å². The van der Waals surface area contributed by atoms with Crippen molar-refractivity contribution >= 4 is 33.6 Å². The number of rotatable bonds is 8. The van der Waals surface area contributed by atoms with Crippen molar-refractivity contribution in [3.05, 3.63) is 39.3 Å². The fraction of sp³-hybridized carbons (Fsp3) is 0.522. The molecule has 3 heterocycles. The van der Waals surface area contributed by atoms with Crippen LogP contribution in [0.3, 0.4) is 0 Å². The number of nitrogens with zero attached hydrogens (tertiary/aromatic N) is 3. The molecule has 0 saturated carbocycles. The van der Waals surface area contributed by atoms with Gasteiger partial charge in [0.2, 0.25) is 6.29 Å². The molecule has 2 aliphatic rings. The lowest BCUT2D eigenvalue weighted by Crippen LogP contribution is -2.39. The summed E-state index contributed by atoms with van der Waals surface area (Å²) in [6.07, 6.45) is -3.54. The molecule has 1 aromatic carbocycles. The van der Waals surface area contributed by atoms with Crippen LogP contribution in [-0.2, 0) is 42.4 Å². The fourth-order valence-corrected chi connectivity index (χ4v) is 5.66. The SMILES string of the molecule is COc1ccc(OS(C)(=O)=O)c2c1COC(c1csc(C3CCN(C(=O)CON=CC(F)(F)F)CC3)n1)OC2. The summed E-state index contributed by atoms with van der Waals surface area (Å²) in [6.45, 7) is 0.314. The lowest BCUT2D eigenvalue weighted by atomic mass is 9.97. The van der Waals surface area contributed by atoms with Gasteiger partial charge in [0.15, 0.2) is 6.61 Å². The number of likely N-dealkylation sites (tertiary alicyclic amines) is 1. The van der Waals surface area contributed by atoms with Gasteiger partial charge < -0.3 is 28.1 Å². The fourth-order valence-electron chi connectivity index (χ4n) is 4.19. The summed E-state index contributed by atoms with van der Waals surface area (Å²) in [6, 6.07) is 3.10. The van der Waals surface area contributed by atoms with E-state index in [0.29, 0.717) is 48.5 Å². The highest BCUT2D eigenvalue weighted by Gasteiger charge is 2.30. The number of alkyl halides is 3. The molecule has 2 aliphatic heterocycles. The van der Waals surface area contributed by atoms with Crippen molar-refractivity contribution in [3.63, 3.8) is 0 Å². The van der Waals surface area contributed by atoms with E-state index >= 15 is 0 Å². The minimum absolute atomic E-state index is 0.00447. The Morgan fingerprint density at radius 1 is 1.21 bits per heavy atom. The molecular weight excluding hydrogens is 567 g/mol. The van der Waals surface area contributed by atoms with Crippen LogP contribution in [0.5, 0.6) is 11.5 Å². The first-order chi connectivity index (χ1) is 18.4. The van der Waals surface area contributed by atoms with Gasteiger partial charge in [0, 0.05) is 35.5 Å². The molecule has 1 amide bonds. The molecular formula is C23H26F3N3O8S2. The topological polar surface area (TPSA) is 126 Å². The van der Waals surface area contributed by atoms with Crippen LogP contribution in [0.25, 0.3) is 0 Å². The van der Waals surface area contributed by atoms with Gasteiger partial charge in [-0.05, 0) is 25.0 Å². The summed E-state index contributed by atoms with van der Waals surface area (Å²) in [5, 5.41) is 5.43. The maximum atomic E-state index is 12.2. The number of thiazole rings is 1. The van der Waals surface area contributed by atoms with E-state index in [9.17, 15) is 26.4 Å². The molecule has 1 saturated heterocycles. The van der Waals surface area contributed by atoms with Crippen LogP contribution >= 0.6 is 11.3 Å². The van der Waals surface area contributed by atoms with E-state index in [0.717, 1.165) is 11.3 Å². The van der Waals surface area contributed by atoms with E-state index in [-0.39, 0.29) is 31.1 Å². The Bertz CT molecular complexity index is 1310. The minimum atomic E-state index is -4.60. The molecule has 1 fully saturated rings. The Morgan fingerprint density at radius 2 is 1.85 bits per heavy atom. The van der Waals surface area contributed by atoms with Crippen molar-refractivity contribution in [2.45, 2.75) is 44.4 Å². The zero-order valence-corrected chi connectivity index (χ0v) is 22.6. The Labute approximate surface area is 226 Å². The summed E-state index contributed by atoms with van der Waals surface area (Å²) >= 11 is 1.43. The predicted octanol–water partition coefficient (Wildman–Crippen LogP) is 3.51. The van der Waals surface area contributed by atoms with Crippen LogP contribution in [-0.4, -0.2) is 69.7 Å². The number of methoxy groups -OCH3 is 1. The number of fused-ring (bicyclic) bond motifs is 1. The van der Waals surface area contributed by atoms with Crippen molar-refractivity contribution < 1.29 is 49.6 Å². The van der Waals surface area contributed by atoms with E-state index in [4.69, 9.17) is 23.4 Å². The normalized spacial score (nSPS) is 19.0. The number of ether oxygens (including phenoxy) is 3. The quantitative estimate of drug-likeness (QED) is 0.257. The highest BCUT2D eigenvalue weighted by molar-refractivity contribution is 7.86. The number of amides is 1. The monoisotopic (exact) mass is 593 g/mol. The number of oxime groups is 1. The van der Waals surface area contributed by atoms with Crippen LogP contribution in [0.2, 0.25) is 0 Å². The molecule has 11 nitrogen and oxygen atoms in total. The number of carbonyl (C=O) groups is 1. The molecule has 16 heteroatoms. The number of benzene rings is 1. The van der Waals surface area contributed by atoms with Crippen LogP contribution in [0, 0.1) is 0 Å². The molecule has 39 heavy (non-hydrogen) atoms. The van der Waals surface area contributed by atoms with Crippen molar-refractivity contribution in [1.82, 2.24) is 9.88 Å². The summed E-state index contributed by atoms with van der Waals surface area (Å²) < 4.78 is 82.0.